The van der Waals surface area contributed by atoms with Crippen LogP contribution in [0.25, 0.3) is 0 Å². The van der Waals surface area contributed by atoms with E-state index in [9.17, 15) is 4.79 Å². The first-order chi connectivity index (χ1) is 9.90. The Kier molecular flexibility index (Phi) is 7.10. The summed E-state index contributed by atoms with van der Waals surface area (Å²) < 4.78 is 5.04. The van der Waals surface area contributed by atoms with Gasteiger partial charge >= 0.3 is 5.97 Å². The van der Waals surface area contributed by atoms with Crippen LogP contribution in [0.4, 0.5) is 0 Å². The Morgan fingerprint density at radius 2 is 2.14 bits per heavy atom. The summed E-state index contributed by atoms with van der Waals surface area (Å²) in [7, 11) is 7.57. The highest BCUT2D eigenvalue weighted by atomic mass is 16.5. The van der Waals surface area contributed by atoms with Gasteiger partial charge in [-0.25, -0.2) is 0 Å². The van der Waals surface area contributed by atoms with E-state index in [1.807, 2.05) is 7.05 Å². The van der Waals surface area contributed by atoms with Crippen molar-refractivity contribution in [2.24, 2.45) is 0 Å². The average molecular weight is 299 g/mol. The van der Waals surface area contributed by atoms with Crippen molar-refractivity contribution in [1.82, 2.24) is 15.1 Å². The maximum Gasteiger partial charge on any atom is 0.326 e. The first kappa shape index (κ1) is 18.4. The van der Waals surface area contributed by atoms with E-state index in [4.69, 9.17) is 4.74 Å². The van der Waals surface area contributed by atoms with Gasteiger partial charge in [0.05, 0.1) is 7.11 Å². The minimum atomic E-state index is -0.511. The van der Waals surface area contributed by atoms with Crippen LogP contribution in [0.5, 0.6) is 0 Å². The van der Waals surface area contributed by atoms with Gasteiger partial charge in [0.15, 0.2) is 0 Å². The highest BCUT2D eigenvalue weighted by Crippen LogP contribution is 2.33. The van der Waals surface area contributed by atoms with Crippen molar-refractivity contribution in [2.45, 2.75) is 57.2 Å². The summed E-state index contributed by atoms with van der Waals surface area (Å²) >= 11 is 0. The summed E-state index contributed by atoms with van der Waals surface area (Å²) in [6.45, 7) is 6.53. The molecule has 0 spiro atoms. The first-order valence-electron chi connectivity index (χ1n) is 8.08. The Hall–Kier alpha value is -0.650. The molecule has 1 N–H and O–H groups in total. The molecule has 0 saturated heterocycles. The highest BCUT2D eigenvalue weighted by molar-refractivity contribution is 5.81. The highest BCUT2D eigenvalue weighted by Gasteiger charge is 2.44. The number of methoxy groups -OCH3 is 1. The minimum absolute atomic E-state index is 0.119. The molecule has 1 aliphatic carbocycles. The van der Waals surface area contributed by atoms with Crippen LogP contribution < -0.4 is 5.32 Å². The van der Waals surface area contributed by atoms with Crippen molar-refractivity contribution in [3.63, 3.8) is 0 Å². The molecule has 0 heterocycles. The van der Waals surface area contributed by atoms with E-state index in [0.717, 1.165) is 38.8 Å². The lowest BCUT2D eigenvalue weighted by Gasteiger charge is -2.45. The van der Waals surface area contributed by atoms with Crippen LogP contribution in [-0.4, -0.2) is 74.7 Å². The normalized spacial score (nSPS) is 27.9. The summed E-state index contributed by atoms with van der Waals surface area (Å²) in [5.74, 6) is -0.119. The smallest absolute Gasteiger partial charge is 0.326 e. The lowest BCUT2D eigenvalue weighted by molar-refractivity contribution is -0.151. The van der Waals surface area contributed by atoms with Crippen LogP contribution in [-0.2, 0) is 9.53 Å². The SMILES string of the molecule is CCN(C(C)CN(C)C)C1CCCC(NC)(C(=O)OC)C1. The molecule has 21 heavy (non-hydrogen) atoms. The van der Waals surface area contributed by atoms with Crippen molar-refractivity contribution in [3.8, 4) is 0 Å². The third kappa shape index (κ3) is 4.41. The number of nitrogens with one attached hydrogen (secondary N) is 1. The van der Waals surface area contributed by atoms with Gasteiger partial charge in [-0.2, -0.15) is 0 Å². The second-order valence-corrected chi connectivity index (χ2v) is 6.52. The predicted octanol–water partition coefficient (Wildman–Crippen LogP) is 1.33. The summed E-state index contributed by atoms with van der Waals surface area (Å²) in [6.07, 6.45) is 3.92. The Morgan fingerprint density at radius 3 is 2.62 bits per heavy atom. The zero-order valence-corrected chi connectivity index (χ0v) is 14.6. The molecule has 0 aromatic rings. The van der Waals surface area contributed by atoms with E-state index >= 15 is 0 Å². The van der Waals surface area contributed by atoms with E-state index in [0.29, 0.717) is 12.1 Å². The van der Waals surface area contributed by atoms with Gasteiger partial charge in [0, 0.05) is 18.6 Å². The second-order valence-electron chi connectivity index (χ2n) is 6.52. The first-order valence-corrected chi connectivity index (χ1v) is 8.08. The average Bonchev–Trinajstić information content (AvgIpc) is 2.46. The molecule has 124 valence electrons. The fraction of sp³-hybridized carbons (Fsp3) is 0.938. The number of carbonyl (C=O) groups excluding carboxylic acids is 1. The molecule has 5 nitrogen and oxygen atoms in total. The van der Waals surface area contributed by atoms with Crippen molar-refractivity contribution in [2.75, 3.05) is 41.3 Å². The van der Waals surface area contributed by atoms with Gasteiger partial charge in [0.1, 0.15) is 5.54 Å². The summed E-state index contributed by atoms with van der Waals surface area (Å²) in [6, 6.07) is 0.922. The molecule has 0 aromatic carbocycles. The van der Waals surface area contributed by atoms with E-state index in [1.54, 1.807) is 0 Å². The number of likely N-dealkylation sites (N-methyl/N-ethyl adjacent to an activating group) is 3. The number of ether oxygens (including phenoxy) is 1. The summed E-state index contributed by atoms with van der Waals surface area (Å²) in [5, 5.41) is 3.25. The monoisotopic (exact) mass is 299 g/mol. The third-order valence-electron chi connectivity index (χ3n) is 4.81. The van der Waals surface area contributed by atoms with Crippen molar-refractivity contribution in [3.05, 3.63) is 0 Å². The van der Waals surface area contributed by atoms with E-state index in [1.165, 1.54) is 7.11 Å². The summed E-state index contributed by atoms with van der Waals surface area (Å²) in [4.78, 5) is 17.0. The van der Waals surface area contributed by atoms with Gasteiger partial charge in [-0.05, 0) is 60.3 Å². The molecule has 0 radical (unpaired) electrons. The quantitative estimate of drug-likeness (QED) is 0.719. The molecule has 0 amide bonds. The third-order valence-corrected chi connectivity index (χ3v) is 4.81. The van der Waals surface area contributed by atoms with Crippen LogP contribution in [0.2, 0.25) is 0 Å². The largest absolute Gasteiger partial charge is 0.468 e. The molecule has 1 saturated carbocycles. The van der Waals surface area contributed by atoms with Crippen molar-refractivity contribution < 1.29 is 9.53 Å². The van der Waals surface area contributed by atoms with Crippen LogP contribution in [0.1, 0.15) is 39.5 Å². The molecule has 3 atom stereocenters. The van der Waals surface area contributed by atoms with Gasteiger partial charge < -0.3 is 15.0 Å². The zero-order valence-electron chi connectivity index (χ0n) is 14.6. The number of hydrogen-bond donors (Lipinski definition) is 1. The predicted molar refractivity (Wildman–Crippen MR) is 86.5 cm³/mol. The molecule has 0 aromatic heterocycles. The molecule has 0 bridgehead atoms. The molecule has 0 aliphatic heterocycles. The van der Waals surface area contributed by atoms with E-state index in [-0.39, 0.29) is 5.97 Å². The lowest BCUT2D eigenvalue weighted by atomic mass is 9.78. The van der Waals surface area contributed by atoms with Gasteiger partial charge in [-0.1, -0.05) is 6.92 Å². The molecule has 1 aliphatic rings. The van der Waals surface area contributed by atoms with Crippen LogP contribution >= 0.6 is 0 Å². The molecule has 3 unspecified atom stereocenters. The molecule has 1 rings (SSSR count). The number of rotatable bonds is 7. The molecule has 1 fully saturated rings. The number of hydrogen-bond acceptors (Lipinski definition) is 5. The Balaban J connectivity index is 2.83. The van der Waals surface area contributed by atoms with Gasteiger partial charge in [0.25, 0.3) is 0 Å². The topological polar surface area (TPSA) is 44.8 Å². The second kappa shape index (κ2) is 8.11. The maximum absolute atomic E-state index is 12.2. The van der Waals surface area contributed by atoms with Crippen molar-refractivity contribution in [1.29, 1.82) is 0 Å². The van der Waals surface area contributed by atoms with Crippen LogP contribution in [0.3, 0.4) is 0 Å². The van der Waals surface area contributed by atoms with Crippen LogP contribution in [0, 0.1) is 0 Å². The maximum atomic E-state index is 12.2. The molecule has 5 heteroatoms. The standard InChI is InChI=1S/C16H33N3O2/c1-7-19(13(2)12-18(4)5)14-9-8-10-16(11-14,17-3)15(20)21-6/h13-14,17H,7-12H2,1-6H3. The fourth-order valence-electron chi connectivity index (χ4n) is 3.80. The number of esters is 1. The number of carbonyl (C=O) groups is 1. The van der Waals surface area contributed by atoms with Crippen molar-refractivity contribution >= 4 is 5.97 Å². The lowest BCUT2D eigenvalue weighted by Crippen LogP contribution is -2.59. The van der Waals surface area contributed by atoms with E-state index in [2.05, 4.69) is 43.1 Å². The van der Waals surface area contributed by atoms with Gasteiger partial charge in [-0.3, -0.25) is 9.69 Å². The molecular formula is C16H33N3O2. The zero-order chi connectivity index (χ0) is 16.0. The summed E-state index contributed by atoms with van der Waals surface area (Å²) in [5.41, 5.74) is -0.511. The Labute approximate surface area is 130 Å². The Morgan fingerprint density at radius 1 is 1.48 bits per heavy atom. The fourth-order valence-corrected chi connectivity index (χ4v) is 3.80. The van der Waals surface area contributed by atoms with Gasteiger partial charge in [0.2, 0.25) is 0 Å². The minimum Gasteiger partial charge on any atom is -0.468 e. The number of nitrogens with zero attached hydrogens (tertiary/aromatic N) is 2. The Bertz CT molecular complexity index is 335. The van der Waals surface area contributed by atoms with Crippen LogP contribution in [0.15, 0.2) is 0 Å². The van der Waals surface area contributed by atoms with Gasteiger partial charge in [-0.15, -0.1) is 0 Å². The molecular weight excluding hydrogens is 266 g/mol. The van der Waals surface area contributed by atoms with E-state index < -0.39 is 5.54 Å².